The molecule has 21 heavy (non-hydrogen) atoms. The SMILES string of the molecule is CCNC(c1cccc(F)c1)c1cncc2ccccc12. The van der Waals surface area contributed by atoms with Gasteiger partial charge in [0.05, 0.1) is 6.04 Å². The van der Waals surface area contributed by atoms with Crippen molar-refractivity contribution < 1.29 is 4.39 Å². The monoisotopic (exact) mass is 280 g/mol. The number of fused-ring (bicyclic) bond motifs is 1. The highest BCUT2D eigenvalue weighted by atomic mass is 19.1. The fourth-order valence-corrected chi connectivity index (χ4v) is 2.67. The molecule has 3 rings (SSSR count). The molecule has 0 bridgehead atoms. The Kier molecular flexibility index (Phi) is 3.93. The minimum Gasteiger partial charge on any atom is -0.306 e. The number of halogens is 1. The molecular formula is C18H17FN2. The quantitative estimate of drug-likeness (QED) is 0.779. The third kappa shape index (κ3) is 2.78. The fourth-order valence-electron chi connectivity index (χ4n) is 2.67. The van der Waals surface area contributed by atoms with Gasteiger partial charge in [-0.2, -0.15) is 0 Å². The summed E-state index contributed by atoms with van der Waals surface area (Å²) in [5, 5.41) is 5.66. The van der Waals surface area contributed by atoms with Crippen LogP contribution in [0.25, 0.3) is 10.8 Å². The second-order valence-electron chi connectivity index (χ2n) is 5.00. The van der Waals surface area contributed by atoms with Crippen LogP contribution in [0.2, 0.25) is 0 Å². The summed E-state index contributed by atoms with van der Waals surface area (Å²) in [6.07, 6.45) is 3.72. The Morgan fingerprint density at radius 3 is 2.76 bits per heavy atom. The smallest absolute Gasteiger partial charge is 0.123 e. The van der Waals surface area contributed by atoms with Crippen LogP contribution >= 0.6 is 0 Å². The Morgan fingerprint density at radius 2 is 1.95 bits per heavy atom. The zero-order valence-electron chi connectivity index (χ0n) is 11.9. The second kappa shape index (κ2) is 6.02. The van der Waals surface area contributed by atoms with Crippen molar-refractivity contribution in [3.8, 4) is 0 Å². The Hall–Kier alpha value is -2.26. The van der Waals surface area contributed by atoms with Gasteiger partial charge in [-0.25, -0.2) is 4.39 Å². The van der Waals surface area contributed by atoms with Crippen molar-refractivity contribution in [3.63, 3.8) is 0 Å². The minimum atomic E-state index is -0.219. The van der Waals surface area contributed by atoms with E-state index in [4.69, 9.17) is 0 Å². The fraction of sp³-hybridized carbons (Fsp3) is 0.167. The maximum Gasteiger partial charge on any atom is 0.123 e. The van der Waals surface area contributed by atoms with E-state index in [0.717, 1.165) is 28.4 Å². The molecule has 0 aliphatic heterocycles. The summed E-state index contributed by atoms with van der Waals surface area (Å²) in [5.74, 6) is -0.219. The molecule has 2 nitrogen and oxygen atoms in total. The highest BCUT2D eigenvalue weighted by Crippen LogP contribution is 2.28. The first kappa shape index (κ1) is 13.7. The zero-order chi connectivity index (χ0) is 14.7. The number of nitrogens with zero attached hydrogens (tertiary/aromatic N) is 1. The van der Waals surface area contributed by atoms with Crippen LogP contribution in [-0.4, -0.2) is 11.5 Å². The van der Waals surface area contributed by atoms with Crippen molar-refractivity contribution in [2.75, 3.05) is 6.54 Å². The van der Waals surface area contributed by atoms with E-state index >= 15 is 0 Å². The maximum absolute atomic E-state index is 13.6. The minimum absolute atomic E-state index is 0.0655. The second-order valence-corrected chi connectivity index (χ2v) is 5.00. The van der Waals surface area contributed by atoms with Crippen molar-refractivity contribution in [1.82, 2.24) is 10.3 Å². The summed E-state index contributed by atoms with van der Waals surface area (Å²) in [4.78, 5) is 4.33. The summed E-state index contributed by atoms with van der Waals surface area (Å²) >= 11 is 0. The van der Waals surface area contributed by atoms with Gasteiger partial charge in [0.1, 0.15) is 5.82 Å². The number of aromatic nitrogens is 1. The average molecular weight is 280 g/mol. The lowest BCUT2D eigenvalue weighted by atomic mass is 9.95. The van der Waals surface area contributed by atoms with Crippen LogP contribution in [-0.2, 0) is 0 Å². The summed E-state index contributed by atoms with van der Waals surface area (Å²) in [6.45, 7) is 2.84. The molecule has 3 heteroatoms. The van der Waals surface area contributed by atoms with E-state index in [-0.39, 0.29) is 11.9 Å². The van der Waals surface area contributed by atoms with E-state index in [1.807, 2.05) is 43.6 Å². The Bertz CT molecular complexity index is 750. The molecule has 0 saturated heterocycles. The van der Waals surface area contributed by atoms with Crippen LogP contribution < -0.4 is 5.32 Å². The van der Waals surface area contributed by atoms with E-state index in [2.05, 4.69) is 16.4 Å². The molecule has 106 valence electrons. The number of rotatable bonds is 4. The normalized spacial score (nSPS) is 12.5. The van der Waals surface area contributed by atoms with Gasteiger partial charge in [0.15, 0.2) is 0 Å². The lowest BCUT2D eigenvalue weighted by Gasteiger charge is -2.20. The molecule has 1 heterocycles. The summed E-state index contributed by atoms with van der Waals surface area (Å²) in [5.41, 5.74) is 1.98. The molecule has 0 radical (unpaired) electrons. The van der Waals surface area contributed by atoms with Crippen LogP contribution in [0.1, 0.15) is 24.1 Å². The molecule has 1 atom stereocenters. The van der Waals surface area contributed by atoms with Gasteiger partial charge in [0.2, 0.25) is 0 Å². The van der Waals surface area contributed by atoms with Gasteiger partial charge in [0, 0.05) is 17.8 Å². The topological polar surface area (TPSA) is 24.9 Å². The van der Waals surface area contributed by atoms with Crippen molar-refractivity contribution >= 4 is 10.8 Å². The van der Waals surface area contributed by atoms with Gasteiger partial charge >= 0.3 is 0 Å². The van der Waals surface area contributed by atoms with E-state index < -0.39 is 0 Å². The van der Waals surface area contributed by atoms with Crippen LogP contribution in [0.15, 0.2) is 60.9 Å². The van der Waals surface area contributed by atoms with E-state index in [0.29, 0.717) is 0 Å². The predicted molar refractivity (Wildman–Crippen MR) is 83.7 cm³/mol. The van der Waals surface area contributed by atoms with Gasteiger partial charge in [-0.1, -0.05) is 43.3 Å². The molecule has 1 unspecified atom stereocenters. The Balaban J connectivity index is 2.16. The molecule has 2 aromatic carbocycles. The average Bonchev–Trinajstić information content (AvgIpc) is 2.52. The Morgan fingerprint density at radius 1 is 1.10 bits per heavy atom. The van der Waals surface area contributed by atoms with E-state index in [1.54, 1.807) is 12.1 Å². The first-order chi connectivity index (χ1) is 10.3. The predicted octanol–water partition coefficient (Wildman–Crippen LogP) is 4.07. The van der Waals surface area contributed by atoms with E-state index in [9.17, 15) is 4.39 Å². The maximum atomic E-state index is 13.6. The molecule has 1 N–H and O–H groups in total. The van der Waals surface area contributed by atoms with Crippen LogP contribution in [0.3, 0.4) is 0 Å². The molecule has 1 aromatic heterocycles. The molecule has 0 aliphatic carbocycles. The third-order valence-electron chi connectivity index (χ3n) is 3.60. The van der Waals surface area contributed by atoms with Crippen molar-refractivity contribution in [3.05, 3.63) is 77.9 Å². The van der Waals surface area contributed by atoms with E-state index in [1.165, 1.54) is 6.07 Å². The van der Waals surface area contributed by atoms with Gasteiger partial charge in [-0.3, -0.25) is 4.98 Å². The zero-order valence-corrected chi connectivity index (χ0v) is 11.9. The first-order valence-electron chi connectivity index (χ1n) is 7.11. The van der Waals surface area contributed by atoms with Gasteiger partial charge in [0.25, 0.3) is 0 Å². The number of nitrogens with one attached hydrogen (secondary N) is 1. The highest BCUT2D eigenvalue weighted by Gasteiger charge is 2.16. The lowest BCUT2D eigenvalue weighted by Crippen LogP contribution is -2.22. The van der Waals surface area contributed by atoms with Gasteiger partial charge < -0.3 is 5.32 Å². The van der Waals surface area contributed by atoms with Crippen LogP contribution in [0.4, 0.5) is 4.39 Å². The molecule has 3 aromatic rings. The lowest BCUT2D eigenvalue weighted by molar-refractivity contribution is 0.604. The number of benzene rings is 2. The third-order valence-corrected chi connectivity index (χ3v) is 3.60. The van der Waals surface area contributed by atoms with Gasteiger partial charge in [-0.05, 0) is 35.2 Å². The summed E-state index contributed by atoms with van der Waals surface area (Å²) in [6, 6.07) is 14.8. The van der Waals surface area contributed by atoms with Crippen LogP contribution in [0.5, 0.6) is 0 Å². The summed E-state index contributed by atoms with van der Waals surface area (Å²) < 4.78 is 13.6. The summed E-state index contributed by atoms with van der Waals surface area (Å²) in [7, 11) is 0. The largest absolute Gasteiger partial charge is 0.306 e. The van der Waals surface area contributed by atoms with Crippen molar-refractivity contribution in [2.45, 2.75) is 13.0 Å². The molecule has 0 fully saturated rings. The molecule has 0 aliphatic rings. The Labute approximate surface area is 123 Å². The standard InChI is InChI=1S/C18H17FN2/c1-2-21-18(13-7-5-8-15(19)10-13)17-12-20-11-14-6-3-4-9-16(14)17/h3-12,18,21H,2H2,1H3. The number of hydrogen-bond acceptors (Lipinski definition) is 2. The van der Waals surface area contributed by atoms with Gasteiger partial charge in [-0.15, -0.1) is 0 Å². The molecule has 0 spiro atoms. The molecular weight excluding hydrogens is 263 g/mol. The molecule has 0 amide bonds. The number of hydrogen-bond donors (Lipinski definition) is 1. The first-order valence-corrected chi connectivity index (χ1v) is 7.11. The van der Waals surface area contributed by atoms with Crippen molar-refractivity contribution in [1.29, 1.82) is 0 Å². The molecule has 0 saturated carbocycles. The number of pyridine rings is 1. The highest BCUT2D eigenvalue weighted by molar-refractivity contribution is 5.85. The van der Waals surface area contributed by atoms with Crippen molar-refractivity contribution in [2.24, 2.45) is 0 Å². The van der Waals surface area contributed by atoms with Crippen LogP contribution in [0, 0.1) is 5.82 Å².